The molecular formula is C14H28N2O3S. The van der Waals surface area contributed by atoms with Crippen molar-refractivity contribution in [2.75, 3.05) is 31.7 Å². The lowest BCUT2D eigenvalue weighted by Crippen LogP contribution is -2.60. The molecule has 118 valence electrons. The summed E-state index contributed by atoms with van der Waals surface area (Å²) in [6, 6.07) is 0.106. The van der Waals surface area contributed by atoms with Crippen LogP contribution >= 0.6 is 0 Å². The lowest BCUT2D eigenvalue weighted by molar-refractivity contribution is -0.0887. The Balaban J connectivity index is 2.14. The lowest BCUT2D eigenvalue weighted by atomic mass is 9.81. The quantitative estimate of drug-likeness (QED) is 0.825. The fourth-order valence-corrected chi connectivity index (χ4v) is 5.26. The third-order valence-corrected chi connectivity index (χ3v) is 6.86. The average Bonchev–Trinajstić information content (AvgIpc) is 2.78. The van der Waals surface area contributed by atoms with Gasteiger partial charge in [0.05, 0.1) is 17.6 Å². The second-order valence-corrected chi connectivity index (χ2v) is 8.93. The van der Waals surface area contributed by atoms with Crippen LogP contribution in [0.4, 0.5) is 0 Å². The van der Waals surface area contributed by atoms with Crippen LogP contribution in [0.3, 0.4) is 0 Å². The van der Waals surface area contributed by atoms with E-state index in [-0.39, 0.29) is 23.4 Å². The van der Waals surface area contributed by atoms with Gasteiger partial charge in [0.15, 0.2) is 9.84 Å². The molecule has 3 atom stereocenters. The molecule has 0 aromatic rings. The minimum Gasteiger partial charge on any atom is -0.378 e. The van der Waals surface area contributed by atoms with Crippen molar-refractivity contribution in [2.45, 2.75) is 50.8 Å². The maximum atomic E-state index is 11.7. The molecule has 2 fully saturated rings. The Morgan fingerprint density at radius 3 is 2.65 bits per heavy atom. The van der Waals surface area contributed by atoms with Crippen molar-refractivity contribution in [3.05, 3.63) is 0 Å². The van der Waals surface area contributed by atoms with Gasteiger partial charge in [-0.15, -0.1) is 0 Å². The van der Waals surface area contributed by atoms with Crippen LogP contribution in [0, 0.1) is 5.92 Å². The highest BCUT2D eigenvalue weighted by Gasteiger charge is 2.44. The van der Waals surface area contributed by atoms with Crippen molar-refractivity contribution in [2.24, 2.45) is 11.7 Å². The highest BCUT2D eigenvalue weighted by molar-refractivity contribution is 7.91. The Kier molecular flexibility index (Phi) is 4.79. The molecule has 2 N–H and O–H groups in total. The Morgan fingerprint density at radius 1 is 1.45 bits per heavy atom. The zero-order chi connectivity index (χ0) is 15.0. The fraction of sp³-hybridized carbons (Fsp3) is 1.00. The molecular weight excluding hydrogens is 276 g/mol. The molecule has 0 bridgehead atoms. The van der Waals surface area contributed by atoms with Gasteiger partial charge in [-0.2, -0.15) is 0 Å². The summed E-state index contributed by atoms with van der Waals surface area (Å²) < 4.78 is 29.3. The van der Waals surface area contributed by atoms with Gasteiger partial charge >= 0.3 is 0 Å². The van der Waals surface area contributed by atoms with E-state index in [0.717, 1.165) is 19.3 Å². The number of rotatable bonds is 4. The van der Waals surface area contributed by atoms with Gasteiger partial charge in [-0.1, -0.05) is 13.8 Å². The van der Waals surface area contributed by atoms with Crippen LogP contribution in [0.15, 0.2) is 0 Å². The van der Waals surface area contributed by atoms with Crippen molar-refractivity contribution in [1.29, 1.82) is 0 Å². The minimum absolute atomic E-state index is 0.106. The molecule has 2 rings (SSSR count). The van der Waals surface area contributed by atoms with Gasteiger partial charge in [-0.25, -0.2) is 8.42 Å². The standard InChI is InChI=1S/C14H28N2O3S/c1-11(2)13-8-14(10-15,5-6-19-13)16(3)12-4-7-20(17,18)9-12/h11-13H,4-10,15H2,1-3H3. The zero-order valence-corrected chi connectivity index (χ0v) is 13.7. The minimum atomic E-state index is -2.86. The lowest BCUT2D eigenvalue weighted by Gasteiger charge is -2.49. The molecule has 20 heavy (non-hydrogen) atoms. The smallest absolute Gasteiger partial charge is 0.151 e. The van der Waals surface area contributed by atoms with E-state index in [1.807, 2.05) is 7.05 Å². The normalized spacial score (nSPS) is 37.7. The summed E-state index contributed by atoms with van der Waals surface area (Å²) in [6.45, 7) is 5.60. The molecule has 2 heterocycles. The summed E-state index contributed by atoms with van der Waals surface area (Å²) in [5.74, 6) is 1.05. The molecule has 0 amide bonds. The SMILES string of the molecule is CC(C)C1CC(CN)(N(C)C2CCS(=O)(=O)C2)CCO1. The van der Waals surface area contributed by atoms with E-state index in [1.165, 1.54) is 0 Å². The summed E-state index contributed by atoms with van der Waals surface area (Å²) in [5, 5.41) is 0. The monoisotopic (exact) mass is 304 g/mol. The Hall–Kier alpha value is -0.170. The summed E-state index contributed by atoms with van der Waals surface area (Å²) in [7, 11) is -0.815. The molecule has 0 radical (unpaired) electrons. The first-order valence-corrected chi connectivity index (χ1v) is 9.37. The van der Waals surface area contributed by atoms with Gasteiger partial charge in [0.2, 0.25) is 0 Å². The number of hydrogen-bond acceptors (Lipinski definition) is 5. The fourth-order valence-electron chi connectivity index (χ4n) is 3.48. The van der Waals surface area contributed by atoms with Crippen molar-refractivity contribution in [3.63, 3.8) is 0 Å². The number of sulfone groups is 1. The van der Waals surface area contributed by atoms with E-state index < -0.39 is 9.84 Å². The number of ether oxygens (including phenoxy) is 1. The molecule has 2 saturated heterocycles. The van der Waals surface area contributed by atoms with Gasteiger partial charge < -0.3 is 10.5 Å². The van der Waals surface area contributed by atoms with Crippen molar-refractivity contribution < 1.29 is 13.2 Å². The molecule has 5 nitrogen and oxygen atoms in total. The summed E-state index contributed by atoms with van der Waals surface area (Å²) in [5.41, 5.74) is 5.98. The maximum absolute atomic E-state index is 11.7. The van der Waals surface area contributed by atoms with Crippen molar-refractivity contribution >= 4 is 9.84 Å². The summed E-state index contributed by atoms with van der Waals surface area (Å²) in [4.78, 5) is 2.25. The predicted octanol–water partition coefficient (Wildman–Crippen LogP) is 0.638. The van der Waals surface area contributed by atoms with E-state index in [4.69, 9.17) is 10.5 Å². The van der Waals surface area contributed by atoms with Crippen LogP contribution in [0.2, 0.25) is 0 Å². The number of likely N-dealkylation sites (N-methyl/N-ethyl adjacent to an activating group) is 1. The van der Waals surface area contributed by atoms with Gasteiger partial charge in [-0.05, 0) is 32.2 Å². The predicted molar refractivity (Wildman–Crippen MR) is 80.4 cm³/mol. The third kappa shape index (κ3) is 3.18. The van der Waals surface area contributed by atoms with Gasteiger partial charge in [0, 0.05) is 24.7 Å². The molecule has 3 unspecified atom stereocenters. The Morgan fingerprint density at radius 2 is 2.15 bits per heavy atom. The van der Waals surface area contributed by atoms with Crippen LogP contribution < -0.4 is 5.73 Å². The maximum Gasteiger partial charge on any atom is 0.151 e. The van der Waals surface area contributed by atoms with Crippen molar-refractivity contribution in [3.8, 4) is 0 Å². The van der Waals surface area contributed by atoms with Crippen LogP contribution in [0.1, 0.15) is 33.1 Å². The molecule has 6 heteroatoms. The highest BCUT2D eigenvalue weighted by Crippen LogP contribution is 2.35. The topological polar surface area (TPSA) is 72.6 Å². The van der Waals surface area contributed by atoms with Gasteiger partial charge in [-0.3, -0.25) is 4.90 Å². The zero-order valence-electron chi connectivity index (χ0n) is 12.8. The molecule has 0 spiro atoms. The second-order valence-electron chi connectivity index (χ2n) is 6.70. The summed E-state index contributed by atoms with van der Waals surface area (Å²) in [6.07, 6.45) is 2.73. The molecule has 0 aromatic carbocycles. The van der Waals surface area contributed by atoms with Crippen LogP contribution in [0.5, 0.6) is 0 Å². The second kappa shape index (κ2) is 5.91. The van der Waals surface area contributed by atoms with Crippen molar-refractivity contribution in [1.82, 2.24) is 4.90 Å². The molecule has 0 aromatic heterocycles. The van der Waals surface area contributed by atoms with E-state index in [9.17, 15) is 8.42 Å². The Bertz CT molecular complexity index is 438. The largest absolute Gasteiger partial charge is 0.378 e. The van der Waals surface area contributed by atoms with Crippen LogP contribution in [0.25, 0.3) is 0 Å². The molecule has 2 aliphatic heterocycles. The van der Waals surface area contributed by atoms with E-state index in [2.05, 4.69) is 18.7 Å². The van der Waals surface area contributed by atoms with Crippen LogP contribution in [-0.2, 0) is 14.6 Å². The number of nitrogens with two attached hydrogens (primary N) is 1. The van der Waals surface area contributed by atoms with E-state index in [0.29, 0.717) is 24.8 Å². The third-order valence-electron chi connectivity index (χ3n) is 5.11. The number of hydrogen-bond donors (Lipinski definition) is 1. The number of nitrogens with zero attached hydrogens (tertiary/aromatic N) is 1. The first-order chi connectivity index (χ1) is 9.30. The Labute approximate surface area is 122 Å². The first kappa shape index (κ1) is 16.2. The van der Waals surface area contributed by atoms with Gasteiger partial charge in [0.1, 0.15) is 0 Å². The van der Waals surface area contributed by atoms with E-state index in [1.54, 1.807) is 0 Å². The van der Waals surface area contributed by atoms with E-state index >= 15 is 0 Å². The molecule has 2 aliphatic rings. The van der Waals surface area contributed by atoms with Crippen LogP contribution in [-0.4, -0.2) is 62.7 Å². The first-order valence-electron chi connectivity index (χ1n) is 7.55. The van der Waals surface area contributed by atoms with Gasteiger partial charge in [0.25, 0.3) is 0 Å². The molecule has 0 saturated carbocycles. The average molecular weight is 304 g/mol. The highest BCUT2D eigenvalue weighted by atomic mass is 32.2. The summed E-state index contributed by atoms with van der Waals surface area (Å²) >= 11 is 0. The molecule has 0 aliphatic carbocycles.